The topological polar surface area (TPSA) is 101 Å². The molecular formula is C29H21Br2NO6. The minimum atomic E-state index is -0.728. The Bertz CT molecular complexity index is 1540. The molecule has 6 rings (SSSR count). The highest BCUT2D eigenvalue weighted by Crippen LogP contribution is 2.56. The minimum Gasteiger partial charge on any atom is -0.507 e. The van der Waals surface area contributed by atoms with Crippen LogP contribution in [0.1, 0.15) is 24.3 Å². The number of imide groups is 1. The van der Waals surface area contributed by atoms with Crippen LogP contribution in [0.2, 0.25) is 0 Å². The van der Waals surface area contributed by atoms with Crippen LogP contribution in [0.5, 0.6) is 11.5 Å². The van der Waals surface area contributed by atoms with Crippen molar-refractivity contribution in [2.45, 2.75) is 18.8 Å². The SMILES string of the molecule is COc1ccc(C2C3=CCC4C(=O)N(c5ccc(Br)cc5)C(=O)C4C3CC3=C2C(=O)C=C(Br)C3=O)c(O)c1. The Morgan fingerprint density at radius 3 is 2.39 bits per heavy atom. The van der Waals surface area contributed by atoms with E-state index in [0.29, 0.717) is 34.6 Å². The van der Waals surface area contributed by atoms with Crippen molar-refractivity contribution >= 4 is 60.9 Å². The number of aromatic hydroxyl groups is 1. The van der Waals surface area contributed by atoms with Gasteiger partial charge in [0, 0.05) is 39.2 Å². The average molecular weight is 639 g/mol. The fraction of sp³-hybridized carbons (Fsp3) is 0.241. The Labute approximate surface area is 235 Å². The molecule has 4 atom stereocenters. The summed E-state index contributed by atoms with van der Waals surface area (Å²) < 4.78 is 6.22. The van der Waals surface area contributed by atoms with E-state index < -0.39 is 23.7 Å². The first-order chi connectivity index (χ1) is 18.2. The minimum absolute atomic E-state index is 0.0796. The van der Waals surface area contributed by atoms with Gasteiger partial charge in [-0.25, -0.2) is 0 Å². The van der Waals surface area contributed by atoms with Gasteiger partial charge in [-0.2, -0.15) is 0 Å². The number of phenols is 1. The number of rotatable bonds is 3. The number of hydrogen-bond donors (Lipinski definition) is 1. The Morgan fingerprint density at radius 2 is 1.71 bits per heavy atom. The van der Waals surface area contributed by atoms with Gasteiger partial charge in [-0.3, -0.25) is 24.1 Å². The van der Waals surface area contributed by atoms with Crippen LogP contribution in [0.3, 0.4) is 0 Å². The fourth-order valence-corrected chi connectivity index (χ4v) is 7.01. The predicted molar refractivity (Wildman–Crippen MR) is 146 cm³/mol. The first kappa shape index (κ1) is 25.0. The van der Waals surface area contributed by atoms with Crippen molar-refractivity contribution < 1.29 is 29.0 Å². The van der Waals surface area contributed by atoms with Crippen molar-refractivity contribution in [2.75, 3.05) is 12.0 Å². The molecular weight excluding hydrogens is 618 g/mol. The van der Waals surface area contributed by atoms with Gasteiger partial charge < -0.3 is 9.84 Å². The Kier molecular flexibility index (Phi) is 6.03. The molecule has 7 nitrogen and oxygen atoms in total. The second kappa shape index (κ2) is 9.17. The standard InChI is InChI=1S/C29H21Br2NO6/c1-38-15-6-7-17(22(33)10-15)24-16-8-9-18-25(19(16)11-20-26(24)23(34)12-21(31)27(20)35)29(37)32(28(18)36)14-4-2-13(30)3-5-14/h2-8,10,12,18-19,24-25,33H,9,11H2,1H3. The molecule has 2 amide bonds. The first-order valence-electron chi connectivity index (χ1n) is 12.1. The Hall–Kier alpha value is -3.30. The number of ketones is 2. The lowest BCUT2D eigenvalue weighted by atomic mass is 9.59. The summed E-state index contributed by atoms with van der Waals surface area (Å²) in [5.74, 6) is -3.32. The van der Waals surface area contributed by atoms with Crippen LogP contribution < -0.4 is 9.64 Å². The molecule has 1 N–H and O–H groups in total. The largest absolute Gasteiger partial charge is 0.507 e. The van der Waals surface area contributed by atoms with E-state index in [1.165, 1.54) is 24.2 Å². The van der Waals surface area contributed by atoms with E-state index in [9.17, 15) is 24.3 Å². The molecule has 1 aliphatic heterocycles. The molecule has 1 heterocycles. The number of phenolic OH excluding ortho intramolecular Hbond substituents is 1. The van der Waals surface area contributed by atoms with Crippen LogP contribution in [-0.4, -0.2) is 35.6 Å². The molecule has 4 aliphatic rings. The number of benzene rings is 2. The van der Waals surface area contributed by atoms with Gasteiger partial charge >= 0.3 is 0 Å². The highest BCUT2D eigenvalue weighted by Gasteiger charge is 2.56. The van der Waals surface area contributed by atoms with Gasteiger partial charge in [0.2, 0.25) is 11.8 Å². The number of fused-ring (bicyclic) bond motifs is 3. The van der Waals surface area contributed by atoms with Crippen molar-refractivity contribution in [3.63, 3.8) is 0 Å². The zero-order chi connectivity index (χ0) is 26.9. The highest BCUT2D eigenvalue weighted by molar-refractivity contribution is 9.12. The second-order valence-electron chi connectivity index (χ2n) is 9.81. The molecule has 0 aromatic heterocycles. The van der Waals surface area contributed by atoms with Gasteiger partial charge in [0.1, 0.15) is 11.5 Å². The number of carbonyl (C=O) groups excluding carboxylic acids is 4. The van der Waals surface area contributed by atoms with Crippen molar-refractivity contribution in [1.29, 1.82) is 0 Å². The maximum absolute atomic E-state index is 13.9. The number of anilines is 1. The number of hydrogen-bond acceptors (Lipinski definition) is 6. The summed E-state index contributed by atoms with van der Waals surface area (Å²) in [5, 5.41) is 11.0. The summed E-state index contributed by atoms with van der Waals surface area (Å²) in [6.45, 7) is 0. The molecule has 0 bridgehead atoms. The third-order valence-electron chi connectivity index (χ3n) is 7.96. The zero-order valence-corrected chi connectivity index (χ0v) is 23.3. The van der Waals surface area contributed by atoms with E-state index in [-0.39, 0.29) is 40.0 Å². The summed E-state index contributed by atoms with van der Waals surface area (Å²) in [7, 11) is 1.49. The monoisotopic (exact) mass is 637 g/mol. The number of halogens is 2. The second-order valence-corrected chi connectivity index (χ2v) is 11.6. The van der Waals surface area contributed by atoms with Crippen molar-refractivity contribution in [3.8, 4) is 11.5 Å². The lowest BCUT2D eigenvalue weighted by Crippen LogP contribution is -2.39. The molecule has 38 heavy (non-hydrogen) atoms. The van der Waals surface area contributed by atoms with E-state index in [2.05, 4.69) is 31.9 Å². The third-order valence-corrected chi connectivity index (χ3v) is 9.08. The van der Waals surface area contributed by atoms with Gasteiger partial charge in [-0.1, -0.05) is 33.6 Å². The maximum atomic E-state index is 13.9. The van der Waals surface area contributed by atoms with E-state index in [4.69, 9.17) is 4.74 Å². The van der Waals surface area contributed by atoms with Crippen molar-refractivity contribution in [3.05, 3.63) is 85.9 Å². The van der Waals surface area contributed by atoms with Crippen LogP contribution in [-0.2, 0) is 19.2 Å². The molecule has 0 spiro atoms. The van der Waals surface area contributed by atoms with E-state index >= 15 is 0 Å². The number of nitrogens with zero attached hydrogens (tertiary/aromatic N) is 1. The summed E-state index contributed by atoms with van der Waals surface area (Å²) in [4.78, 5) is 55.2. The van der Waals surface area contributed by atoms with Crippen molar-refractivity contribution in [1.82, 2.24) is 0 Å². The number of amides is 2. The van der Waals surface area contributed by atoms with Gasteiger partial charge in [0.25, 0.3) is 0 Å². The molecule has 3 aliphatic carbocycles. The number of carbonyl (C=O) groups is 4. The molecule has 1 fully saturated rings. The quantitative estimate of drug-likeness (QED) is 0.284. The molecule has 192 valence electrons. The number of ether oxygens (including phenoxy) is 1. The molecule has 2 aromatic carbocycles. The third kappa shape index (κ3) is 3.66. The lowest BCUT2D eigenvalue weighted by molar-refractivity contribution is -0.123. The molecule has 2 aromatic rings. The zero-order valence-electron chi connectivity index (χ0n) is 20.1. The highest BCUT2D eigenvalue weighted by atomic mass is 79.9. The van der Waals surface area contributed by atoms with Gasteiger partial charge in [-0.15, -0.1) is 0 Å². The maximum Gasteiger partial charge on any atom is 0.238 e. The van der Waals surface area contributed by atoms with Crippen LogP contribution in [0, 0.1) is 17.8 Å². The molecule has 4 unspecified atom stereocenters. The van der Waals surface area contributed by atoms with E-state index in [1.807, 2.05) is 6.08 Å². The smallest absolute Gasteiger partial charge is 0.238 e. The van der Waals surface area contributed by atoms with Crippen LogP contribution >= 0.6 is 31.9 Å². The summed E-state index contributed by atoms with van der Waals surface area (Å²) in [5.41, 5.74) is 2.34. The summed E-state index contributed by atoms with van der Waals surface area (Å²) in [6.07, 6.45) is 3.67. The number of Topliss-reactive ketones (excluding diaryl/α,β-unsaturated/α-hetero) is 1. The van der Waals surface area contributed by atoms with Crippen LogP contribution in [0.15, 0.2) is 80.3 Å². The molecule has 9 heteroatoms. The number of methoxy groups -OCH3 is 1. The molecule has 0 saturated carbocycles. The van der Waals surface area contributed by atoms with E-state index in [0.717, 1.165) is 10.0 Å². The molecule has 1 saturated heterocycles. The van der Waals surface area contributed by atoms with Crippen LogP contribution in [0.25, 0.3) is 0 Å². The van der Waals surface area contributed by atoms with Crippen LogP contribution in [0.4, 0.5) is 5.69 Å². The van der Waals surface area contributed by atoms with Crippen molar-refractivity contribution in [2.24, 2.45) is 17.8 Å². The van der Waals surface area contributed by atoms with Gasteiger partial charge in [-0.05, 0) is 65.0 Å². The normalized spacial score (nSPS) is 26.6. The fourth-order valence-electron chi connectivity index (χ4n) is 6.30. The Morgan fingerprint density at radius 1 is 0.974 bits per heavy atom. The van der Waals surface area contributed by atoms with Gasteiger partial charge in [0.15, 0.2) is 11.6 Å². The first-order valence-corrected chi connectivity index (χ1v) is 13.7. The van der Waals surface area contributed by atoms with E-state index in [1.54, 1.807) is 36.4 Å². The molecule has 0 radical (unpaired) electrons. The summed E-state index contributed by atoms with van der Waals surface area (Å²) >= 11 is 6.60. The average Bonchev–Trinajstić information content (AvgIpc) is 3.16. The Balaban J connectivity index is 1.49. The predicted octanol–water partition coefficient (Wildman–Crippen LogP) is 5.13. The van der Waals surface area contributed by atoms with Gasteiger partial charge in [0.05, 0.1) is 29.1 Å². The number of allylic oxidation sites excluding steroid dienone is 6. The summed E-state index contributed by atoms with van der Waals surface area (Å²) in [6, 6.07) is 11.8. The lowest BCUT2D eigenvalue weighted by Gasteiger charge is -2.42.